The van der Waals surface area contributed by atoms with Crippen LogP contribution in [0.25, 0.3) is 11.3 Å². The monoisotopic (exact) mass is 399 g/mol. The molecule has 0 unspecified atom stereocenters. The van der Waals surface area contributed by atoms with Crippen LogP contribution in [0.5, 0.6) is 5.88 Å². The highest BCUT2D eigenvalue weighted by Gasteiger charge is 2.26. The summed E-state index contributed by atoms with van der Waals surface area (Å²) in [6.45, 7) is 0. The Kier molecular flexibility index (Phi) is 4.80. The Morgan fingerprint density at radius 2 is 1.72 bits per heavy atom. The number of hydrogen-bond acceptors (Lipinski definition) is 7. The summed E-state index contributed by atoms with van der Waals surface area (Å²) in [5, 5.41) is 12.7. The van der Waals surface area contributed by atoms with Crippen LogP contribution in [0.3, 0.4) is 0 Å². The maximum atomic E-state index is 6.22. The highest BCUT2D eigenvalue weighted by molar-refractivity contribution is 7.98. The largest absolute Gasteiger partial charge is 0.446 e. The van der Waals surface area contributed by atoms with Crippen molar-refractivity contribution in [2.45, 2.75) is 17.1 Å². The number of hydrogen-bond donors (Lipinski definition) is 1. The van der Waals surface area contributed by atoms with Gasteiger partial charge in [0.2, 0.25) is 17.3 Å². The zero-order chi connectivity index (χ0) is 19.5. The summed E-state index contributed by atoms with van der Waals surface area (Å²) in [6.07, 6.45) is 1.28. The van der Waals surface area contributed by atoms with Gasteiger partial charge in [-0.25, -0.2) is 0 Å². The lowest BCUT2D eigenvalue weighted by Crippen LogP contribution is -2.18. The number of fused-ring (bicyclic) bond motifs is 3. The second-order valence-corrected chi connectivity index (χ2v) is 7.41. The SMILES string of the molecule is c1ccc(CSc2nnc3c(n2)O[C@H](c2ccccn2)Nc2ccccc2-3)cc1. The van der Waals surface area contributed by atoms with Gasteiger partial charge in [0.25, 0.3) is 0 Å². The average Bonchev–Trinajstić information content (AvgIpc) is 2.95. The second-order valence-electron chi connectivity index (χ2n) is 6.46. The summed E-state index contributed by atoms with van der Waals surface area (Å²) in [5.41, 5.74) is 4.40. The maximum absolute atomic E-state index is 6.22. The first-order valence-corrected chi connectivity index (χ1v) is 10.2. The van der Waals surface area contributed by atoms with Gasteiger partial charge in [-0.15, -0.1) is 10.2 Å². The number of ether oxygens (including phenoxy) is 1. The molecule has 6 nitrogen and oxygen atoms in total. The second kappa shape index (κ2) is 7.89. The zero-order valence-electron chi connectivity index (χ0n) is 15.4. The lowest BCUT2D eigenvalue weighted by atomic mass is 10.1. The summed E-state index contributed by atoms with van der Waals surface area (Å²) in [7, 11) is 0. The van der Waals surface area contributed by atoms with E-state index >= 15 is 0 Å². The van der Waals surface area contributed by atoms with Crippen LogP contribution < -0.4 is 10.1 Å². The molecule has 3 heterocycles. The average molecular weight is 399 g/mol. The van der Waals surface area contributed by atoms with Gasteiger partial charge < -0.3 is 10.1 Å². The van der Waals surface area contributed by atoms with E-state index < -0.39 is 6.23 Å². The molecule has 0 aliphatic carbocycles. The predicted molar refractivity (Wildman–Crippen MR) is 112 cm³/mol. The van der Waals surface area contributed by atoms with Crippen LogP contribution in [0.1, 0.15) is 17.5 Å². The van der Waals surface area contributed by atoms with Gasteiger partial charge in [-0.2, -0.15) is 4.98 Å². The molecule has 29 heavy (non-hydrogen) atoms. The predicted octanol–water partition coefficient (Wildman–Crippen LogP) is 4.73. The van der Waals surface area contributed by atoms with Gasteiger partial charge in [-0.05, 0) is 23.8 Å². The van der Waals surface area contributed by atoms with Gasteiger partial charge in [0, 0.05) is 23.2 Å². The molecule has 0 radical (unpaired) electrons. The van der Waals surface area contributed by atoms with Crippen LogP contribution >= 0.6 is 11.8 Å². The molecule has 4 aromatic rings. The lowest BCUT2D eigenvalue weighted by Gasteiger charge is -2.18. The van der Waals surface area contributed by atoms with Crippen molar-refractivity contribution in [3.63, 3.8) is 0 Å². The topological polar surface area (TPSA) is 72.8 Å². The third-order valence-corrected chi connectivity index (χ3v) is 5.41. The molecule has 0 fully saturated rings. The molecule has 0 saturated heterocycles. The van der Waals surface area contributed by atoms with Crippen molar-refractivity contribution in [3.05, 3.63) is 90.3 Å². The van der Waals surface area contributed by atoms with Crippen molar-refractivity contribution in [2.75, 3.05) is 5.32 Å². The summed E-state index contributed by atoms with van der Waals surface area (Å²) >= 11 is 1.53. The Labute approximate surface area is 172 Å². The summed E-state index contributed by atoms with van der Waals surface area (Å²) in [6, 6.07) is 23.9. The van der Waals surface area contributed by atoms with Crippen LogP contribution in [-0.4, -0.2) is 20.2 Å². The fraction of sp³-hybridized carbons (Fsp3) is 0.0909. The van der Waals surface area contributed by atoms with E-state index in [-0.39, 0.29) is 0 Å². The number of nitrogens with zero attached hydrogens (tertiary/aromatic N) is 4. The minimum atomic E-state index is -0.470. The van der Waals surface area contributed by atoms with Gasteiger partial charge in [0.15, 0.2) is 5.69 Å². The first-order chi connectivity index (χ1) is 14.4. The minimum Gasteiger partial charge on any atom is -0.446 e. The fourth-order valence-electron chi connectivity index (χ4n) is 3.10. The van der Waals surface area contributed by atoms with E-state index in [0.717, 1.165) is 22.7 Å². The minimum absolute atomic E-state index is 0.448. The third kappa shape index (κ3) is 3.77. The van der Waals surface area contributed by atoms with Gasteiger partial charge in [0.1, 0.15) is 5.69 Å². The molecule has 2 aromatic carbocycles. The molecule has 142 valence electrons. The standard InChI is InChI=1S/C22H17N5OS/c1-2-8-15(9-3-1)14-29-22-25-21-19(26-27-22)16-10-4-5-11-17(16)24-20(28-21)18-12-6-7-13-23-18/h1-13,20,24H,14H2/t20-/m1/s1. The van der Waals surface area contributed by atoms with Gasteiger partial charge in [0.05, 0.1) is 0 Å². The number of benzene rings is 2. The van der Waals surface area contributed by atoms with E-state index in [2.05, 4.69) is 37.6 Å². The van der Waals surface area contributed by atoms with E-state index in [4.69, 9.17) is 4.74 Å². The molecule has 0 bridgehead atoms. The van der Waals surface area contributed by atoms with Crippen molar-refractivity contribution in [3.8, 4) is 17.1 Å². The molecule has 1 N–H and O–H groups in total. The number of thioether (sulfide) groups is 1. The normalized spacial score (nSPS) is 14.7. The number of aromatic nitrogens is 4. The number of anilines is 1. The highest BCUT2D eigenvalue weighted by atomic mass is 32.2. The Morgan fingerprint density at radius 3 is 2.59 bits per heavy atom. The Balaban J connectivity index is 1.50. The van der Waals surface area contributed by atoms with Crippen LogP contribution in [0.2, 0.25) is 0 Å². The Bertz CT molecular complexity index is 1120. The molecule has 0 amide bonds. The van der Waals surface area contributed by atoms with E-state index in [9.17, 15) is 0 Å². The molecular weight excluding hydrogens is 382 g/mol. The molecular formula is C22H17N5OS. The van der Waals surface area contributed by atoms with Crippen LogP contribution in [0, 0.1) is 0 Å². The smallest absolute Gasteiger partial charge is 0.247 e. The molecule has 7 heteroatoms. The van der Waals surface area contributed by atoms with E-state index in [1.807, 2.05) is 60.7 Å². The van der Waals surface area contributed by atoms with Crippen molar-refractivity contribution < 1.29 is 4.74 Å². The van der Waals surface area contributed by atoms with Crippen molar-refractivity contribution in [1.82, 2.24) is 20.2 Å². The van der Waals surface area contributed by atoms with E-state index in [0.29, 0.717) is 16.7 Å². The first kappa shape index (κ1) is 17.6. The van der Waals surface area contributed by atoms with Crippen molar-refractivity contribution >= 4 is 17.4 Å². The quantitative estimate of drug-likeness (QED) is 0.497. The molecule has 1 aliphatic rings. The summed E-state index contributed by atoms with van der Waals surface area (Å²) in [4.78, 5) is 9.09. The number of rotatable bonds is 4. The summed E-state index contributed by atoms with van der Waals surface area (Å²) < 4.78 is 6.22. The Morgan fingerprint density at radius 1 is 0.897 bits per heavy atom. The van der Waals surface area contributed by atoms with Crippen molar-refractivity contribution in [1.29, 1.82) is 0 Å². The number of nitrogens with one attached hydrogen (secondary N) is 1. The van der Waals surface area contributed by atoms with Crippen LogP contribution in [0.15, 0.2) is 84.1 Å². The zero-order valence-corrected chi connectivity index (χ0v) is 16.2. The van der Waals surface area contributed by atoms with Gasteiger partial charge in [-0.1, -0.05) is 66.4 Å². The molecule has 5 rings (SSSR count). The number of pyridine rings is 1. The molecule has 1 atom stereocenters. The maximum Gasteiger partial charge on any atom is 0.247 e. The molecule has 2 aromatic heterocycles. The van der Waals surface area contributed by atoms with E-state index in [1.54, 1.807) is 6.20 Å². The van der Waals surface area contributed by atoms with E-state index in [1.165, 1.54) is 17.3 Å². The molecule has 1 aliphatic heterocycles. The molecule has 0 saturated carbocycles. The lowest BCUT2D eigenvalue weighted by molar-refractivity contribution is 0.220. The number of para-hydroxylation sites is 1. The molecule has 0 spiro atoms. The highest BCUT2D eigenvalue weighted by Crippen LogP contribution is 2.39. The Hall–Kier alpha value is -3.45. The van der Waals surface area contributed by atoms with Crippen molar-refractivity contribution in [2.24, 2.45) is 0 Å². The first-order valence-electron chi connectivity index (χ1n) is 9.22. The van der Waals surface area contributed by atoms with Gasteiger partial charge in [-0.3, -0.25) is 4.98 Å². The summed E-state index contributed by atoms with van der Waals surface area (Å²) in [5.74, 6) is 1.21. The third-order valence-electron chi connectivity index (χ3n) is 4.50. The van der Waals surface area contributed by atoms with Gasteiger partial charge >= 0.3 is 0 Å². The fourth-order valence-corrected chi connectivity index (χ4v) is 3.83. The van der Waals surface area contributed by atoms with Crippen LogP contribution in [-0.2, 0) is 5.75 Å². The van der Waals surface area contributed by atoms with Crippen LogP contribution in [0.4, 0.5) is 5.69 Å².